The number of imidazole rings is 1. The first-order chi connectivity index (χ1) is 9.11. The molecule has 0 amide bonds. The van der Waals surface area contributed by atoms with E-state index in [2.05, 4.69) is 11.9 Å². The number of aromatic carboxylic acids is 1. The second-order valence-corrected chi connectivity index (χ2v) is 5.34. The van der Waals surface area contributed by atoms with E-state index < -0.39 is 5.97 Å². The summed E-state index contributed by atoms with van der Waals surface area (Å²) in [7, 11) is 1.87. The lowest BCUT2D eigenvalue weighted by Gasteiger charge is -2.05. The highest BCUT2D eigenvalue weighted by Gasteiger charge is 2.17. The smallest absolute Gasteiger partial charge is 0.349 e. The molecule has 102 valence electrons. The van der Waals surface area contributed by atoms with Crippen molar-refractivity contribution in [2.75, 3.05) is 0 Å². The fraction of sp³-hybridized carbons (Fsp3) is 0.385. The molecule has 0 saturated carbocycles. The summed E-state index contributed by atoms with van der Waals surface area (Å²) >= 11 is 1.28. The average molecular weight is 280 g/mol. The minimum atomic E-state index is -0.942. The Morgan fingerprint density at radius 2 is 2.37 bits per heavy atom. The van der Waals surface area contributed by atoms with Crippen LogP contribution in [0.1, 0.15) is 33.7 Å². The van der Waals surface area contributed by atoms with E-state index >= 15 is 0 Å². The molecule has 0 saturated heterocycles. The number of thiophene rings is 1. The molecule has 0 aliphatic heterocycles. The van der Waals surface area contributed by atoms with E-state index in [1.54, 1.807) is 6.20 Å². The van der Waals surface area contributed by atoms with Crippen molar-refractivity contribution < 1.29 is 14.6 Å². The van der Waals surface area contributed by atoms with Gasteiger partial charge in [0.2, 0.25) is 0 Å². The summed E-state index contributed by atoms with van der Waals surface area (Å²) < 4.78 is 7.44. The maximum absolute atomic E-state index is 11.2. The zero-order valence-electron chi connectivity index (χ0n) is 10.9. The van der Waals surface area contributed by atoms with E-state index in [1.165, 1.54) is 11.3 Å². The molecule has 0 aliphatic carbocycles. The Labute approximate surface area is 115 Å². The summed E-state index contributed by atoms with van der Waals surface area (Å²) in [4.78, 5) is 16.6. The van der Waals surface area contributed by atoms with E-state index in [1.807, 2.05) is 23.9 Å². The van der Waals surface area contributed by atoms with E-state index in [0.29, 0.717) is 5.75 Å². The molecular formula is C13H16N2O3S. The van der Waals surface area contributed by atoms with Gasteiger partial charge in [-0.3, -0.25) is 0 Å². The van der Waals surface area contributed by atoms with Gasteiger partial charge in [-0.15, -0.1) is 11.3 Å². The van der Waals surface area contributed by atoms with Gasteiger partial charge in [0.1, 0.15) is 18.2 Å². The van der Waals surface area contributed by atoms with Gasteiger partial charge in [-0.05, 0) is 12.5 Å². The standard InChI is InChI=1S/C13H16N2O3S/c1-3-4-9-7-10(12(19-9)13(16)17)18-8-11-14-5-6-15(11)2/h5-7H,3-4,8H2,1-2H3,(H,16,17). The SMILES string of the molecule is CCCc1cc(OCc2nccn2C)c(C(=O)O)s1. The van der Waals surface area contributed by atoms with Crippen molar-refractivity contribution >= 4 is 17.3 Å². The number of rotatable bonds is 6. The largest absolute Gasteiger partial charge is 0.484 e. The number of carbonyl (C=O) groups is 1. The third-order valence-corrected chi connectivity index (χ3v) is 3.88. The molecule has 0 atom stereocenters. The van der Waals surface area contributed by atoms with Gasteiger partial charge in [0.05, 0.1) is 0 Å². The summed E-state index contributed by atoms with van der Waals surface area (Å²) in [5.74, 6) is 0.255. The van der Waals surface area contributed by atoms with Gasteiger partial charge in [0, 0.05) is 24.3 Å². The van der Waals surface area contributed by atoms with E-state index in [-0.39, 0.29) is 11.5 Å². The Morgan fingerprint density at radius 1 is 1.58 bits per heavy atom. The van der Waals surface area contributed by atoms with Crippen LogP contribution in [-0.2, 0) is 20.1 Å². The summed E-state index contributed by atoms with van der Waals surface area (Å²) in [6.45, 7) is 2.33. The molecule has 5 nitrogen and oxygen atoms in total. The number of hydrogen-bond donors (Lipinski definition) is 1. The van der Waals surface area contributed by atoms with Crippen LogP contribution in [-0.4, -0.2) is 20.6 Å². The molecule has 0 bridgehead atoms. The van der Waals surface area contributed by atoms with Crippen LogP contribution in [0, 0.1) is 0 Å². The first-order valence-corrected chi connectivity index (χ1v) is 6.88. The molecule has 6 heteroatoms. The molecule has 2 heterocycles. The first-order valence-electron chi connectivity index (χ1n) is 6.06. The Kier molecular flexibility index (Phi) is 4.21. The Balaban J connectivity index is 2.14. The molecule has 19 heavy (non-hydrogen) atoms. The Hall–Kier alpha value is -1.82. The summed E-state index contributed by atoms with van der Waals surface area (Å²) in [6, 6.07) is 1.82. The summed E-state index contributed by atoms with van der Waals surface area (Å²) in [6.07, 6.45) is 5.37. The van der Waals surface area contributed by atoms with Gasteiger partial charge in [0.15, 0.2) is 4.88 Å². The third kappa shape index (κ3) is 3.14. The molecule has 0 unspecified atom stereocenters. The van der Waals surface area contributed by atoms with Crippen molar-refractivity contribution in [2.24, 2.45) is 7.05 Å². The molecule has 0 aromatic carbocycles. The zero-order chi connectivity index (χ0) is 13.8. The number of aromatic nitrogens is 2. The highest BCUT2D eigenvalue weighted by Crippen LogP contribution is 2.30. The molecule has 1 N–H and O–H groups in total. The predicted molar refractivity (Wildman–Crippen MR) is 72.8 cm³/mol. The van der Waals surface area contributed by atoms with Gasteiger partial charge in [-0.1, -0.05) is 13.3 Å². The number of aryl methyl sites for hydroxylation is 2. The minimum absolute atomic E-state index is 0.262. The lowest BCUT2D eigenvalue weighted by atomic mass is 10.3. The van der Waals surface area contributed by atoms with Crippen LogP contribution in [0.25, 0.3) is 0 Å². The van der Waals surface area contributed by atoms with Crippen molar-refractivity contribution in [3.05, 3.63) is 34.0 Å². The number of ether oxygens (including phenoxy) is 1. The molecule has 2 aromatic heterocycles. The molecule has 0 spiro atoms. The number of carboxylic acids is 1. The summed E-state index contributed by atoms with van der Waals surface area (Å²) in [5, 5.41) is 9.17. The molecule has 0 aliphatic rings. The van der Waals surface area contributed by atoms with E-state index in [0.717, 1.165) is 23.5 Å². The topological polar surface area (TPSA) is 64.4 Å². The highest BCUT2D eigenvalue weighted by molar-refractivity contribution is 7.14. The van der Waals surface area contributed by atoms with Crippen molar-refractivity contribution in [1.29, 1.82) is 0 Å². The fourth-order valence-corrected chi connectivity index (χ4v) is 2.77. The van der Waals surface area contributed by atoms with Crippen molar-refractivity contribution in [2.45, 2.75) is 26.4 Å². The summed E-state index contributed by atoms with van der Waals surface area (Å²) in [5.41, 5.74) is 0. The highest BCUT2D eigenvalue weighted by atomic mass is 32.1. The zero-order valence-corrected chi connectivity index (χ0v) is 11.7. The van der Waals surface area contributed by atoms with Crippen LogP contribution < -0.4 is 4.74 Å². The van der Waals surface area contributed by atoms with Crippen molar-refractivity contribution in [1.82, 2.24) is 9.55 Å². The monoisotopic (exact) mass is 280 g/mol. The third-order valence-electron chi connectivity index (χ3n) is 2.72. The average Bonchev–Trinajstić information content (AvgIpc) is 2.94. The van der Waals surface area contributed by atoms with Gasteiger partial charge in [-0.25, -0.2) is 9.78 Å². The van der Waals surface area contributed by atoms with Gasteiger partial charge in [-0.2, -0.15) is 0 Å². The Bertz CT molecular complexity index is 574. The van der Waals surface area contributed by atoms with Crippen molar-refractivity contribution in [3.63, 3.8) is 0 Å². The van der Waals surface area contributed by atoms with Gasteiger partial charge < -0.3 is 14.4 Å². The van der Waals surface area contributed by atoms with E-state index in [9.17, 15) is 4.79 Å². The van der Waals surface area contributed by atoms with Crippen LogP contribution in [0.15, 0.2) is 18.5 Å². The first kappa shape index (κ1) is 13.6. The van der Waals surface area contributed by atoms with Gasteiger partial charge in [0.25, 0.3) is 0 Å². The Morgan fingerprint density at radius 3 is 2.95 bits per heavy atom. The molecule has 2 rings (SSSR count). The number of hydrogen-bond acceptors (Lipinski definition) is 4. The second kappa shape index (κ2) is 5.88. The predicted octanol–water partition coefficient (Wildman–Crippen LogP) is 2.71. The number of carboxylic acid groups (broad SMARTS) is 1. The van der Waals surface area contributed by atoms with Gasteiger partial charge >= 0.3 is 5.97 Å². The molecular weight excluding hydrogens is 264 g/mol. The minimum Gasteiger partial charge on any atom is -0.484 e. The quantitative estimate of drug-likeness (QED) is 0.883. The van der Waals surface area contributed by atoms with Crippen molar-refractivity contribution in [3.8, 4) is 5.75 Å². The molecule has 2 aromatic rings. The molecule has 0 fully saturated rings. The number of nitrogens with zero attached hydrogens (tertiary/aromatic N) is 2. The van der Waals surface area contributed by atoms with Crippen LogP contribution in [0.5, 0.6) is 5.75 Å². The second-order valence-electron chi connectivity index (χ2n) is 4.20. The van der Waals surface area contributed by atoms with Crippen LogP contribution in [0.2, 0.25) is 0 Å². The lowest BCUT2D eigenvalue weighted by molar-refractivity contribution is 0.0697. The fourth-order valence-electron chi connectivity index (χ4n) is 1.73. The van der Waals surface area contributed by atoms with Crippen LogP contribution >= 0.6 is 11.3 Å². The van der Waals surface area contributed by atoms with E-state index in [4.69, 9.17) is 9.84 Å². The maximum atomic E-state index is 11.2. The lowest BCUT2D eigenvalue weighted by Crippen LogP contribution is -2.04. The van der Waals surface area contributed by atoms with Crippen LogP contribution in [0.4, 0.5) is 0 Å². The maximum Gasteiger partial charge on any atom is 0.349 e. The normalized spacial score (nSPS) is 10.6. The van der Waals surface area contributed by atoms with Crippen LogP contribution in [0.3, 0.4) is 0 Å². The molecule has 0 radical (unpaired) electrons.